The molecule has 1 N–H and O–H groups in total. The van der Waals surface area contributed by atoms with Crippen molar-refractivity contribution in [3.63, 3.8) is 0 Å². The van der Waals surface area contributed by atoms with Crippen LogP contribution in [0.25, 0.3) is 0 Å². The van der Waals surface area contributed by atoms with Gasteiger partial charge in [0.1, 0.15) is 17.1 Å². The predicted molar refractivity (Wildman–Crippen MR) is 83.9 cm³/mol. The van der Waals surface area contributed by atoms with Gasteiger partial charge in [-0.25, -0.2) is 9.97 Å². The highest BCUT2D eigenvalue weighted by Gasteiger charge is 2.03. The molecular weight excluding hydrogens is 325 g/mol. The SMILES string of the molecule is Clc1ccc(Oc2ccc(Nc3ncncc3Cl)cc2)nn1. The van der Waals surface area contributed by atoms with Crippen molar-refractivity contribution in [2.24, 2.45) is 0 Å². The summed E-state index contributed by atoms with van der Waals surface area (Å²) in [5.74, 6) is 1.52. The molecule has 0 spiro atoms. The molecule has 22 heavy (non-hydrogen) atoms. The van der Waals surface area contributed by atoms with E-state index in [9.17, 15) is 0 Å². The van der Waals surface area contributed by atoms with E-state index in [0.717, 1.165) is 5.69 Å². The molecule has 2 aromatic heterocycles. The van der Waals surface area contributed by atoms with Crippen LogP contribution in [0, 0.1) is 0 Å². The highest BCUT2D eigenvalue weighted by Crippen LogP contribution is 2.25. The Morgan fingerprint density at radius 1 is 0.955 bits per heavy atom. The van der Waals surface area contributed by atoms with Crippen molar-refractivity contribution in [2.45, 2.75) is 0 Å². The van der Waals surface area contributed by atoms with Crippen LogP contribution in [0.5, 0.6) is 11.6 Å². The molecule has 6 nitrogen and oxygen atoms in total. The fourth-order valence-electron chi connectivity index (χ4n) is 1.63. The molecule has 0 saturated heterocycles. The third kappa shape index (κ3) is 3.60. The maximum atomic E-state index is 5.99. The molecule has 0 atom stereocenters. The number of halogens is 2. The maximum absolute atomic E-state index is 5.99. The zero-order chi connectivity index (χ0) is 15.4. The second-order valence-corrected chi connectivity index (χ2v) is 4.96. The molecule has 2 heterocycles. The Bertz CT molecular complexity index is 765. The van der Waals surface area contributed by atoms with E-state index in [1.807, 2.05) is 12.1 Å². The molecule has 0 aliphatic rings. The summed E-state index contributed by atoms with van der Waals surface area (Å²) in [5.41, 5.74) is 0.815. The van der Waals surface area contributed by atoms with Crippen molar-refractivity contribution in [3.05, 3.63) is 59.1 Å². The summed E-state index contributed by atoms with van der Waals surface area (Å²) in [6.45, 7) is 0. The van der Waals surface area contributed by atoms with Gasteiger partial charge < -0.3 is 10.1 Å². The molecule has 0 radical (unpaired) electrons. The van der Waals surface area contributed by atoms with Gasteiger partial charge in [0, 0.05) is 11.8 Å². The van der Waals surface area contributed by atoms with E-state index in [-0.39, 0.29) is 0 Å². The van der Waals surface area contributed by atoms with Gasteiger partial charge in [0.2, 0.25) is 5.88 Å². The lowest BCUT2D eigenvalue weighted by Gasteiger charge is -2.08. The van der Waals surface area contributed by atoms with Crippen molar-refractivity contribution in [3.8, 4) is 11.6 Å². The fourth-order valence-corrected chi connectivity index (χ4v) is 1.88. The number of nitrogens with one attached hydrogen (secondary N) is 1. The van der Waals surface area contributed by atoms with Gasteiger partial charge in [0.05, 0.1) is 6.20 Å². The minimum absolute atomic E-state index is 0.314. The Morgan fingerprint density at radius 3 is 2.45 bits per heavy atom. The van der Waals surface area contributed by atoms with Gasteiger partial charge in [0.15, 0.2) is 11.0 Å². The topological polar surface area (TPSA) is 72.8 Å². The second-order valence-electron chi connectivity index (χ2n) is 4.17. The Hall–Kier alpha value is -2.44. The van der Waals surface area contributed by atoms with E-state index in [4.69, 9.17) is 27.9 Å². The Morgan fingerprint density at radius 2 is 1.77 bits per heavy atom. The third-order valence-electron chi connectivity index (χ3n) is 2.61. The van der Waals surface area contributed by atoms with Crippen molar-refractivity contribution in [1.82, 2.24) is 20.2 Å². The number of aromatic nitrogens is 4. The number of benzene rings is 1. The number of hydrogen-bond acceptors (Lipinski definition) is 6. The van der Waals surface area contributed by atoms with Crippen LogP contribution in [0.2, 0.25) is 10.2 Å². The number of hydrogen-bond donors (Lipinski definition) is 1. The molecule has 0 saturated carbocycles. The van der Waals surface area contributed by atoms with E-state index < -0.39 is 0 Å². The van der Waals surface area contributed by atoms with E-state index in [0.29, 0.717) is 27.6 Å². The maximum Gasteiger partial charge on any atom is 0.238 e. The molecule has 0 bridgehead atoms. The molecule has 0 aliphatic heterocycles. The fraction of sp³-hybridized carbons (Fsp3) is 0. The molecule has 110 valence electrons. The van der Waals surface area contributed by atoms with Crippen LogP contribution < -0.4 is 10.1 Å². The Balaban J connectivity index is 1.70. The molecule has 0 amide bonds. The van der Waals surface area contributed by atoms with Crippen LogP contribution in [-0.4, -0.2) is 20.2 Å². The quantitative estimate of drug-likeness (QED) is 0.774. The van der Waals surface area contributed by atoms with Gasteiger partial charge in [-0.15, -0.1) is 10.2 Å². The smallest absolute Gasteiger partial charge is 0.238 e. The molecule has 0 unspecified atom stereocenters. The first-order valence-electron chi connectivity index (χ1n) is 6.20. The number of anilines is 2. The summed E-state index contributed by atoms with van der Waals surface area (Å²) in [7, 11) is 0. The minimum Gasteiger partial charge on any atom is -0.438 e. The average molecular weight is 334 g/mol. The zero-order valence-electron chi connectivity index (χ0n) is 11.1. The largest absolute Gasteiger partial charge is 0.438 e. The van der Waals surface area contributed by atoms with Gasteiger partial charge in [-0.1, -0.05) is 23.2 Å². The van der Waals surface area contributed by atoms with Gasteiger partial charge in [-0.05, 0) is 30.3 Å². The normalized spacial score (nSPS) is 10.3. The molecule has 3 rings (SSSR count). The number of nitrogens with zero attached hydrogens (tertiary/aromatic N) is 4. The molecule has 1 aromatic carbocycles. The highest BCUT2D eigenvalue weighted by molar-refractivity contribution is 6.32. The third-order valence-corrected chi connectivity index (χ3v) is 3.09. The van der Waals surface area contributed by atoms with Crippen LogP contribution in [-0.2, 0) is 0 Å². The summed E-state index contributed by atoms with van der Waals surface area (Å²) in [5, 5.41) is 11.4. The average Bonchev–Trinajstić information content (AvgIpc) is 2.54. The van der Waals surface area contributed by atoms with Crippen LogP contribution >= 0.6 is 23.2 Å². The molecule has 0 aliphatic carbocycles. The summed E-state index contributed by atoms with van der Waals surface area (Å²) >= 11 is 11.7. The molecular formula is C14H9Cl2N5O. The van der Waals surface area contributed by atoms with E-state index in [1.165, 1.54) is 12.5 Å². The zero-order valence-corrected chi connectivity index (χ0v) is 12.6. The molecule has 8 heteroatoms. The van der Waals surface area contributed by atoms with Gasteiger partial charge in [0.25, 0.3) is 0 Å². The second kappa shape index (κ2) is 6.55. The van der Waals surface area contributed by atoms with E-state index in [1.54, 1.807) is 24.3 Å². The van der Waals surface area contributed by atoms with E-state index >= 15 is 0 Å². The van der Waals surface area contributed by atoms with Crippen molar-refractivity contribution >= 4 is 34.7 Å². The van der Waals surface area contributed by atoms with Gasteiger partial charge >= 0.3 is 0 Å². The lowest BCUT2D eigenvalue weighted by molar-refractivity contribution is 0.455. The lowest BCUT2D eigenvalue weighted by Crippen LogP contribution is -1.95. The number of rotatable bonds is 4. The standard InChI is InChI=1S/C14H9Cl2N5O/c15-11-7-17-8-18-14(11)19-9-1-3-10(4-2-9)22-13-6-5-12(16)20-21-13/h1-8H,(H,17,18,19). The summed E-state index contributed by atoms with van der Waals surface area (Å²) < 4.78 is 5.55. The van der Waals surface area contributed by atoms with Crippen LogP contribution in [0.1, 0.15) is 0 Å². The van der Waals surface area contributed by atoms with E-state index in [2.05, 4.69) is 25.5 Å². The van der Waals surface area contributed by atoms with Crippen molar-refractivity contribution < 1.29 is 4.74 Å². The summed E-state index contributed by atoms with van der Waals surface area (Å²) in [6.07, 6.45) is 2.94. The monoisotopic (exact) mass is 333 g/mol. The first-order valence-corrected chi connectivity index (χ1v) is 6.96. The van der Waals surface area contributed by atoms with Gasteiger partial charge in [-0.3, -0.25) is 0 Å². The van der Waals surface area contributed by atoms with Crippen LogP contribution in [0.4, 0.5) is 11.5 Å². The predicted octanol–water partition coefficient (Wildman–Crippen LogP) is 4.11. The summed E-state index contributed by atoms with van der Waals surface area (Å²) in [6, 6.07) is 10.5. The van der Waals surface area contributed by atoms with Crippen molar-refractivity contribution in [1.29, 1.82) is 0 Å². The molecule has 3 aromatic rings. The lowest BCUT2D eigenvalue weighted by atomic mass is 10.3. The summed E-state index contributed by atoms with van der Waals surface area (Å²) in [4.78, 5) is 7.88. The van der Waals surface area contributed by atoms with Crippen LogP contribution in [0.3, 0.4) is 0 Å². The number of ether oxygens (including phenoxy) is 1. The molecule has 0 fully saturated rings. The first-order chi connectivity index (χ1) is 10.7. The van der Waals surface area contributed by atoms with Crippen molar-refractivity contribution in [2.75, 3.05) is 5.32 Å². The van der Waals surface area contributed by atoms with Crippen LogP contribution in [0.15, 0.2) is 48.9 Å². The first kappa shape index (κ1) is 14.5. The Kier molecular flexibility index (Phi) is 4.32. The highest BCUT2D eigenvalue weighted by atomic mass is 35.5. The van der Waals surface area contributed by atoms with Gasteiger partial charge in [-0.2, -0.15) is 0 Å². The minimum atomic E-state index is 0.314. The Labute approximate surface area is 136 Å².